The van der Waals surface area contributed by atoms with Gasteiger partial charge in [0.1, 0.15) is 5.76 Å². The van der Waals surface area contributed by atoms with E-state index in [9.17, 15) is 4.79 Å². The molecule has 1 aliphatic carbocycles. The van der Waals surface area contributed by atoms with E-state index in [0.717, 1.165) is 11.4 Å². The summed E-state index contributed by atoms with van der Waals surface area (Å²) in [6.07, 6.45) is 5.12. The normalized spacial score (nSPS) is 14.5. The molecule has 1 saturated carbocycles. The zero-order valence-corrected chi connectivity index (χ0v) is 13.5. The topological polar surface area (TPSA) is 83.8 Å². The van der Waals surface area contributed by atoms with Gasteiger partial charge in [-0.05, 0) is 19.8 Å². The number of carbonyl (C=O) groups is 1. The fraction of sp³-hybridized carbons (Fsp3) is 0.562. The van der Waals surface area contributed by atoms with Crippen LogP contribution in [-0.4, -0.2) is 21.3 Å². The molecule has 0 atom stereocenters. The second kappa shape index (κ2) is 7.77. The molecule has 3 rings (SSSR count). The Hall–Kier alpha value is -2.11. The number of aryl methyl sites for hydroxylation is 1. The van der Waals surface area contributed by atoms with Gasteiger partial charge in [0, 0.05) is 23.7 Å². The monoisotopic (exact) mass is 304 g/mol. The molecular formula is C16H24N4O2. The van der Waals surface area contributed by atoms with Gasteiger partial charge in [0.2, 0.25) is 5.91 Å². The highest BCUT2D eigenvalue weighted by molar-refractivity contribution is 5.91. The summed E-state index contributed by atoms with van der Waals surface area (Å²) >= 11 is 0. The van der Waals surface area contributed by atoms with E-state index in [2.05, 4.69) is 20.7 Å². The van der Waals surface area contributed by atoms with Crippen molar-refractivity contribution in [3.63, 3.8) is 0 Å². The Kier molecular flexibility index (Phi) is 5.75. The molecule has 2 aromatic rings. The van der Waals surface area contributed by atoms with Gasteiger partial charge in [-0.3, -0.25) is 9.89 Å². The molecule has 0 aliphatic heterocycles. The Labute approximate surface area is 130 Å². The zero-order chi connectivity index (χ0) is 15.9. The molecular weight excluding hydrogens is 280 g/mol. The minimum Gasteiger partial charge on any atom is -0.361 e. The van der Waals surface area contributed by atoms with Gasteiger partial charge in [-0.1, -0.05) is 31.8 Å². The number of hydrogen-bond donors (Lipinski definition) is 2. The van der Waals surface area contributed by atoms with Crippen LogP contribution in [0.25, 0.3) is 0 Å². The smallest absolute Gasteiger partial charge is 0.233 e. The van der Waals surface area contributed by atoms with Crippen LogP contribution in [0.15, 0.2) is 16.7 Å². The lowest BCUT2D eigenvalue weighted by molar-refractivity contribution is -0.115. The number of anilines is 1. The molecule has 0 bridgehead atoms. The molecule has 6 heteroatoms. The van der Waals surface area contributed by atoms with Crippen molar-refractivity contribution >= 4 is 11.7 Å². The Morgan fingerprint density at radius 2 is 2.09 bits per heavy atom. The lowest BCUT2D eigenvalue weighted by Gasteiger charge is -2.03. The summed E-state index contributed by atoms with van der Waals surface area (Å²) in [5.74, 6) is 1.55. The first-order valence-electron chi connectivity index (χ1n) is 7.98. The molecule has 120 valence electrons. The van der Waals surface area contributed by atoms with Crippen LogP contribution in [0.1, 0.15) is 62.6 Å². The maximum absolute atomic E-state index is 11.9. The van der Waals surface area contributed by atoms with Crippen LogP contribution in [0.3, 0.4) is 0 Å². The van der Waals surface area contributed by atoms with E-state index in [1.807, 2.05) is 26.8 Å². The molecule has 0 radical (unpaired) electrons. The third-order valence-electron chi connectivity index (χ3n) is 3.67. The zero-order valence-electron chi connectivity index (χ0n) is 13.5. The number of rotatable bonds is 4. The highest BCUT2D eigenvalue weighted by Crippen LogP contribution is 2.33. The molecule has 1 amide bonds. The molecule has 0 saturated heterocycles. The summed E-state index contributed by atoms with van der Waals surface area (Å²) in [5.41, 5.74) is 1.89. The number of amides is 1. The van der Waals surface area contributed by atoms with Crippen molar-refractivity contribution in [2.45, 2.75) is 58.8 Å². The largest absolute Gasteiger partial charge is 0.361 e. The number of aromatic nitrogens is 3. The highest BCUT2D eigenvalue weighted by atomic mass is 16.5. The number of H-pyrrole nitrogens is 1. The number of nitrogens with one attached hydrogen (secondary N) is 2. The SMILES string of the molecule is CC.Cc1cc(CC(=O)Nc2cc(C3CCCC3)[nH]n2)on1. The number of aromatic amines is 1. The maximum Gasteiger partial charge on any atom is 0.233 e. The van der Waals surface area contributed by atoms with Crippen LogP contribution in [0, 0.1) is 6.92 Å². The van der Waals surface area contributed by atoms with E-state index >= 15 is 0 Å². The fourth-order valence-corrected chi connectivity index (χ4v) is 2.69. The van der Waals surface area contributed by atoms with Crippen molar-refractivity contribution in [3.05, 3.63) is 29.3 Å². The van der Waals surface area contributed by atoms with E-state index in [0.29, 0.717) is 17.5 Å². The van der Waals surface area contributed by atoms with E-state index in [4.69, 9.17) is 4.52 Å². The molecule has 2 N–H and O–H groups in total. The summed E-state index contributed by atoms with van der Waals surface area (Å²) in [6, 6.07) is 3.69. The molecule has 6 nitrogen and oxygen atoms in total. The lowest BCUT2D eigenvalue weighted by Crippen LogP contribution is -2.14. The summed E-state index contributed by atoms with van der Waals surface area (Å²) in [7, 11) is 0. The Morgan fingerprint density at radius 1 is 1.36 bits per heavy atom. The predicted molar refractivity (Wildman–Crippen MR) is 84.7 cm³/mol. The van der Waals surface area contributed by atoms with Crippen LogP contribution in [0.5, 0.6) is 0 Å². The molecule has 2 heterocycles. The molecule has 2 aromatic heterocycles. The van der Waals surface area contributed by atoms with Gasteiger partial charge in [0.25, 0.3) is 0 Å². The predicted octanol–water partition coefficient (Wildman–Crippen LogP) is 3.57. The van der Waals surface area contributed by atoms with Gasteiger partial charge >= 0.3 is 0 Å². The summed E-state index contributed by atoms with van der Waals surface area (Å²) < 4.78 is 5.02. The van der Waals surface area contributed by atoms with Crippen LogP contribution >= 0.6 is 0 Å². The lowest BCUT2D eigenvalue weighted by atomic mass is 10.0. The van der Waals surface area contributed by atoms with Crippen LogP contribution in [0.2, 0.25) is 0 Å². The average Bonchev–Trinajstić information content (AvgIpc) is 3.22. The minimum atomic E-state index is -0.148. The highest BCUT2D eigenvalue weighted by Gasteiger charge is 2.19. The van der Waals surface area contributed by atoms with Crippen molar-refractivity contribution in [2.24, 2.45) is 0 Å². The molecule has 1 aliphatic rings. The maximum atomic E-state index is 11.9. The average molecular weight is 304 g/mol. The summed E-state index contributed by atoms with van der Waals surface area (Å²) in [4.78, 5) is 11.9. The van der Waals surface area contributed by atoms with Crippen molar-refractivity contribution in [1.29, 1.82) is 0 Å². The summed E-state index contributed by atoms with van der Waals surface area (Å²) in [6.45, 7) is 5.83. The van der Waals surface area contributed by atoms with Gasteiger partial charge < -0.3 is 9.84 Å². The molecule has 0 unspecified atom stereocenters. The molecule has 1 fully saturated rings. The van der Waals surface area contributed by atoms with Gasteiger partial charge in [0.15, 0.2) is 5.82 Å². The quantitative estimate of drug-likeness (QED) is 0.904. The minimum absolute atomic E-state index is 0.148. The first-order chi connectivity index (χ1) is 10.7. The van der Waals surface area contributed by atoms with Crippen LogP contribution in [0.4, 0.5) is 5.82 Å². The number of nitrogens with zero attached hydrogens (tertiary/aromatic N) is 2. The Morgan fingerprint density at radius 3 is 2.73 bits per heavy atom. The number of hydrogen-bond acceptors (Lipinski definition) is 4. The van der Waals surface area contributed by atoms with Crippen molar-refractivity contribution in [3.8, 4) is 0 Å². The van der Waals surface area contributed by atoms with E-state index in [-0.39, 0.29) is 12.3 Å². The van der Waals surface area contributed by atoms with Crippen molar-refractivity contribution < 1.29 is 9.32 Å². The molecule has 22 heavy (non-hydrogen) atoms. The standard InChI is InChI=1S/C14H18N4O2.C2H6/c1-9-6-11(20-18-9)7-14(19)15-13-8-12(16-17-13)10-4-2-3-5-10;1-2/h6,8,10H,2-5,7H2,1H3,(H2,15,16,17,19);1-2H3. The first kappa shape index (κ1) is 16.3. The van der Waals surface area contributed by atoms with E-state index in [1.165, 1.54) is 25.7 Å². The summed E-state index contributed by atoms with van der Waals surface area (Å²) in [5, 5.41) is 13.7. The first-order valence-corrected chi connectivity index (χ1v) is 7.98. The van der Waals surface area contributed by atoms with Gasteiger partial charge in [-0.15, -0.1) is 0 Å². The fourth-order valence-electron chi connectivity index (χ4n) is 2.69. The second-order valence-corrected chi connectivity index (χ2v) is 5.35. The Bertz CT molecular complexity index is 597. The third kappa shape index (κ3) is 4.19. The van der Waals surface area contributed by atoms with Crippen molar-refractivity contribution in [1.82, 2.24) is 15.4 Å². The second-order valence-electron chi connectivity index (χ2n) is 5.35. The number of carbonyl (C=O) groups excluding carboxylic acids is 1. The van der Waals surface area contributed by atoms with Gasteiger partial charge in [-0.25, -0.2) is 0 Å². The van der Waals surface area contributed by atoms with E-state index < -0.39 is 0 Å². The Balaban J connectivity index is 0.000000847. The van der Waals surface area contributed by atoms with Crippen LogP contribution < -0.4 is 5.32 Å². The third-order valence-corrected chi connectivity index (χ3v) is 3.67. The van der Waals surface area contributed by atoms with E-state index in [1.54, 1.807) is 6.07 Å². The molecule has 0 spiro atoms. The van der Waals surface area contributed by atoms with Crippen LogP contribution in [-0.2, 0) is 11.2 Å². The van der Waals surface area contributed by atoms with Gasteiger partial charge in [0.05, 0.1) is 12.1 Å². The van der Waals surface area contributed by atoms with Gasteiger partial charge in [-0.2, -0.15) is 5.10 Å². The molecule has 0 aromatic carbocycles. The van der Waals surface area contributed by atoms with Crippen molar-refractivity contribution in [2.75, 3.05) is 5.32 Å².